The van der Waals surface area contributed by atoms with E-state index in [-0.39, 0.29) is 5.91 Å². The summed E-state index contributed by atoms with van der Waals surface area (Å²) in [5.74, 6) is -0.125. The molecule has 1 aromatic heterocycles. The number of fused-ring (bicyclic) bond motifs is 1. The van der Waals surface area contributed by atoms with Gasteiger partial charge in [-0.3, -0.25) is 14.5 Å². The highest BCUT2D eigenvalue weighted by Crippen LogP contribution is 2.34. The second kappa shape index (κ2) is 8.32. The zero-order valence-corrected chi connectivity index (χ0v) is 17.3. The van der Waals surface area contributed by atoms with Gasteiger partial charge in [-0.25, -0.2) is 0 Å². The van der Waals surface area contributed by atoms with Crippen molar-refractivity contribution in [1.82, 2.24) is 9.88 Å². The minimum absolute atomic E-state index is 0.194. The van der Waals surface area contributed by atoms with Crippen molar-refractivity contribution in [3.63, 3.8) is 0 Å². The Labute approximate surface area is 175 Å². The molecule has 1 saturated heterocycles. The van der Waals surface area contributed by atoms with Gasteiger partial charge in [-0.15, -0.1) is 0 Å². The molecule has 1 aliphatic rings. The molecule has 6 heteroatoms. The molecule has 30 heavy (non-hydrogen) atoms. The Hall–Kier alpha value is -3.12. The van der Waals surface area contributed by atoms with E-state index in [1.54, 1.807) is 18.3 Å². The Bertz CT molecular complexity index is 1050. The normalized spacial score (nSPS) is 20.7. The third-order valence-corrected chi connectivity index (χ3v) is 5.80. The number of H-pyrrole nitrogens is 1. The summed E-state index contributed by atoms with van der Waals surface area (Å²) in [4.78, 5) is 30.1. The van der Waals surface area contributed by atoms with Crippen LogP contribution in [0.25, 0.3) is 10.9 Å². The standard InChI is InChI=1S/C24H27N3O3/c1-15-10-16(2)14-27(13-15)22(24(29)30)20-12-25-21-9-8-18(11-19(20)21)26-23(28)17-6-4-3-5-7-17/h3-9,11-12,15-16,22,25H,10,13-14H2,1-2H3,(H,26,28)(H,29,30)/t15-,16+,22-/m1/s1. The molecule has 1 fully saturated rings. The Balaban J connectivity index is 1.66. The summed E-state index contributed by atoms with van der Waals surface area (Å²) in [6, 6.07) is 13.9. The first-order valence-electron chi connectivity index (χ1n) is 10.4. The molecule has 0 unspecified atom stereocenters. The number of hydrogen-bond donors (Lipinski definition) is 3. The predicted molar refractivity (Wildman–Crippen MR) is 118 cm³/mol. The number of carboxylic acid groups (broad SMARTS) is 1. The summed E-state index contributed by atoms with van der Waals surface area (Å²) in [5.41, 5.74) is 2.80. The van der Waals surface area contributed by atoms with Crippen LogP contribution >= 0.6 is 0 Å². The van der Waals surface area contributed by atoms with Crippen LogP contribution in [0.1, 0.15) is 42.2 Å². The van der Waals surface area contributed by atoms with Gasteiger partial charge in [-0.1, -0.05) is 32.0 Å². The number of carboxylic acids is 1. The van der Waals surface area contributed by atoms with Crippen molar-refractivity contribution in [3.05, 3.63) is 65.9 Å². The van der Waals surface area contributed by atoms with Crippen LogP contribution in [-0.4, -0.2) is 40.0 Å². The van der Waals surface area contributed by atoms with E-state index < -0.39 is 12.0 Å². The Morgan fingerprint density at radius 2 is 1.80 bits per heavy atom. The number of hydrogen-bond acceptors (Lipinski definition) is 3. The average Bonchev–Trinajstić information content (AvgIpc) is 3.11. The number of amides is 1. The number of aromatic nitrogens is 1. The molecular weight excluding hydrogens is 378 g/mol. The molecule has 0 saturated carbocycles. The van der Waals surface area contributed by atoms with Crippen LogP contribution < -0.4 is 5.32 Å². The summed E-state index contributed by atoms with van der Waals surface area (Å²) in [6.45, 7) is 5.87. The lowest BCUT2D eigenvalue weighted by molar-refractivity contribution is -0.144. The summed E-state index contributed by atoms with van der Waals surface area (Å²) in [6.07, 6.45) is 2.91. The first-order chi connectivity index (χ1) is 14.4. The largest absolute Gasteiger partial charge is 0.480 e. The van der Waals surface area contributed by atoms with Gasteiger partial charge < -0.3 is 15.4 Å². The topological polar surface area (TPSA) is 85.4 Å². The van der Waals surface area contributed by atoms with Gasteiger partial charge in [0.15, 0.2) is 0 Å². The van der Waals surface area contributed by atoms with Crippen molar-refractivity contribution < 1.29 is 14.7 Å². The van der Waals surface area contributed by atoms with E-state index in [1.165, 1.54) is 0 Å². The maximum Gasteiger partial charge on any atom is 0.325 e. The Kier molecular flexibility index (Phi) is 5.59. The van der Waals surface area contributed by atoms with Crippen molar-refractivity contribution in [2.75, 3.05) is 18.4 Å². The van der Waals surface area contributed by atoms with Crippen molar-refractivity contribution in [2.45, 2.75) is 26.3 Å². The highest BCUT2D eigenvalue weighted by Gasteiger charge is 2.34. The van der Waals surface area contributed by atoms with Gasteiger partial charge in [0.2, 0.25) is 0 Å². The first kappa shape index (κ1) is 20.2. The Morgan fingerprint density at radius 1 is 1.10 bits per heavy atom. The molecule has 0 aliphatic carbocycles. The number of piperidine rings is 1. The number of carbonyl (C=O) groups excluding carboxylic acids is 1. The number of anilines is 1. The smallest absolute Gasteiger partial charge is 0.325 e. The maximum absolute atomic E-state index is 12.5. The predicted octanol–water partition coefficient (Wildman–Crippen LogP) is 4.52. The molecule has 2 heterocycles. The van der Waals surface area contributed by atoms with E-state index in [0.29, 0.717) is 23.1 Å². The molecule has 1 amide bonds. The summed E-state index contributed by atoms with van der Waals surface area (Å²) in [7, 11) is 0. The highest BCUT2D eigenvalue weighted by molar-refractivity contribution is 6.05. The molecule has 6 nitrogen and oxygen atoms in total. The molecule has 3 N–H and O–H groups in total. The zero-order valence-electron chi connectivity index (χ0n) is 17.3. The van der Waals surface area contributed by atoms with Crippen LogP contribution in [0, 0.1) is 11.8 Å². The van der Waals surface area contributed by atoms with E-state index in [0.717, 1.165) is 36.0 Å². The number of nitrogens with one attached hydrogen (secondary N) is 2. The molecule has 3 atom stereocenters. The van der Waals surface area contributed by atoms with Gasteiger partial charge in [0, 0.05) is 47.0 Å². The average molecular weight is 405 g/mol. The SMILES string of the molecule is C[C@@H]1C[C@H](C)CN([C@@H](C(=O)O)c2c[nH]c3ccc(NC(=O)c4ccccc4)cc23)C1. The van der Waals surface area contributed by atoms with Crippen LogP contribution in [0.4, 0.5) is 5.69 Å². The number of aromatic amines is 1. The quantitative estimate of drug-likeness (QED) is 0.582. The maximum atomic E-state index is 12.5. The molecule has 0 bridgehead atoms. The fourth-order valence-electron chi connectivity index (χ4n) is 4.65. The number of carbonyl (C=O) groups is 2. The van der Waals surface area contributed by atoms with Gasteiger partial charge in [0.25, 0.3) is 5.91 Å². The lowest BCUT2D eigenvalue weighted by Crippen LogP contribution is -2.43. The fraction of sp³-hybridized carbons (Fsp3) is 0.333. The van der Waals surface area contributed by atoms with Crippen LogP contribution in [0.2, 0.25) is 0 Å². The van der Waals surface area contributed by atoms with E-state index in [9.17, 15) is 14.7 Å². The summed E-state index contributed by atoms with van der Waals surface area (Å²) >= 11 is 0. The number of likely N-dealkylation sites (tertiary alicyclic amines) is 1. The highest BCUT2D eigenvalue weighted by atomic mass is 16.4. The third kappa shape index (κ3) is 4.09. The first-order valence-corrected chi connectivity index (χ1v) is 10.4. The van der Waals surface area contributed by atoms with Gasteiger partial charge >= 0.3 is 5.97 Å². The number of aliphatic carboxylic acids is 1. The fourth-order valence-corrected chi connectivity index (χ4v) is 4.65. The van der Waals surface area contributed by atoms with Gasteiger partial charge in [0.1, 0.15) is 6.04 Å². The van der Waals surface area contributed by atoms with Gasteiger partial charge in [0.05, 0.1) is 0 Å². The van der Waals surface area contributed by atoms with Crippen molar-refractivity contribution in [1.29, 1.82) is 0 Å². The van der Waals surface area contributed by atoms with Crippen LogP contribution in [0.15, 0.2) is 54.7 Å². The molecule has 0 radical (unpaired) electrons. The van der Waals surface area contributed by atoms with E-state index >= 15 is 0 Å². The third-order valence-electron chi connectivity index (χ3n) is 5.80. The number of nitrogens with zero attached hydrogens (tertiary/aromatic N) is 1. The number of benzene rings is 2. The lowest BCUT2D eigenvalue weighted by atomic mass is 9.89. The van der Waals surface area contributed by atoms with Crippen molar-refractivity contribution in [2.24, 2.45) is 11.8 Å². The molecule has 156 valence electrons. The van der Waals surface area contributed by atoms with Crippen molar-refractivity contribution in [3.8, 4) is 0 Å². The second-order valence-electron chi connectivity index (χ2n) is 8.47. The molecule has 3 aromatic rings. The molecule has 2 aromatic carbocycles. The second-order valence-corrected chi connectivity index (χ2v) is 8.47. The minimum atomic E-state index is -0.851. The molecule has 1 aliphatic heterocycles. The van der Waals surface area contributed by atoms with E-state index in [2.05, 4.69) is 29.0 Å². The van der Waals surface area contributed by atoms with Crippen LogP contribution in [-0.2, 0) is 4.79 Å². The lowest BCUT2D eigenvalue weighted by Gasteiger charge is -2.38. The van der Waals surface area contributed by atoms with Gasteiger partial charge in [-0.05, 0) is 48.6 Å². The zero-order chi connectivity index (χ0) is 21.3. The molecule has 4 rings (SSSR count). The minimum Gasteiger partial charge on any atom is -0.480 e. The van der Waals surface area contributed by atoms with Crippen LogP contribution in [0.3, 0.4) is 0 Å². The van der Waals surface area contributed by atoms with Gasteiger partial charge in [-0.2, -0.15) is 0 Å². The molecular formula is C24H27N3O3. The summed E-state index contributed by atoms with van der Waals surface area (Å²) in [5, 5.41) is 13.8. The molecule has 0 spiro atoms. The number of rotatable bonds is 5. The monoisotopic (exact) mass is 405 g/mol. The van der Waals surface area contributed by atoms with E-state index in [4.69, 9.17) is 0 Å². The Morgan fingerprint density at radius 3 is 2.47 bits per heavy atom. The van der Waals surface area contributed by atoms with Crippen molar-refractivity contribution >= 4 is 28.5 Å². The summed E-state index contributed by atoms with van der Waals surface area (Å²) < 4.78 is 0. The van der Waals surface area contributed by atoms with E-state index in [1.807, 2.05) is 36.4 Å². The van der Waals surface area contributed by atoms with Crippen LogP contribution in [0.5, 0.6) is 0 Å².